The molecule has 4 nitrogen and oxygen atoms in total. The minimum atomic E-state index is 0.666. The Morgan fingerprint density at radius 2 is 2.28 bits per heavy atom. The Bertz CT molecular complexity index is 545. The maximum atomic E-state index is 4.40. The van der Waals surface area contributed by atoms with Gasteiger partial charge in [0.2, 0.25) is 0 Å². The van der Waals surface area contributed by atoms with E-state index in [1.165, 1.54) is 5.56 Å². The quantitative estimate of drug-likeness (QED) is 0.873. The second kappa shape index (κ2) is 4.72. The fourth-order valence-electron chi connectivity index (χ4n) is 2.27. The van der Waals surface area contributed by atoms with Crippen molar-refractivity contribution in [3.8, 4) is 0 Å². The van der Waals surface area contributed by atoms with Gasteiger partial charge in [0.05, 0.1) is 10.7 Å². The molecule has 94 valence electrons. The Hall–Kier alpha value is -1.36. The smallest absolute Gasteiger partial charge is 0.128 e. The summed E-state index contributed by atoms with van der Waals surface area (Å²) in [4.78, 5) is 6.72. The second-order valence-electron chi connectivity index (χ2n) is 4.84. The molecule has 1 aliphatic rings. The van der Waals surface area contributed by atoms with Gasteiger partial charge in [-0.05, 0) is 40.5 Å². The SMILES string of the molecule is Cc1ccnc(N2CC(Cn3cc(Br)cn3)C2)c1. The molecule has 5 heteroatoms. The first-order valence-corrected chi connectivity index (χ1v) is 6.85. The molecule has 1 saturated heterocycles. The molecule has 3 heterocycles. The van der Waals surface area contributed by atoms with Crippen molar-refractivity contribution in [3.05, 3.63) is 40.8 Å². The fourth-order valence-corrected chi connectivity index (χ4v) is 2.60. The molecule has 0 spiro atoms. The number of nitrogens with zero attached hydrogens (tertiary/aromatic N) is 4. The lowest BCUT2D eigenvalue weighted by Gasteiger charge is -2.40. The number of hydrogen-bond donors (Lipinski definition) is 0. The van der Waals surface area contributed by atoms with Gasteiger partial charge in [0.25, 0.3) is 0 Å². The Labute approximate surface area is 115 Å². The number of aromatic nitrogens is 3. The lowest BCUT2D eigenvalue weighted by Crippen LogP contribution is -2.49. The highest BCUT2D eigenvalue weighted by molar-refractivity contribution is 9.10. The van der Waals surface area contributed by atoms with Crippen molar-refractivity contribution in [2.45, 2.75) is 13.5 Å². The third kappa shape index (κ3) is 2.41. The molecule has 0 aromatic carbocycles. The summed E-state index contributed by atoms with van der Waals surface area (Å²) in [5.74, 6) is 1.76. The van der Waals surface area contributed by atoms with E-state index in [-0.39, 0.29) is 0 Å². The molecule has 0 N–H and O–H groups in total. The van der Waals surface area contributed by atoms with Gasteiger partial charge in [0.15, 0.2) is 0 Å². The third-order valence-electron chi connectivity index (χ3n) is 3.23. The lowest BCUT2D eigenvalue weighted by molar-refractivity contribution is 0.340. The highest BCUT2D eigenvalue weighted by atomic mass is 79.9. The van der Waals surface area contributed by atoms with Crippen LogP contribution in [0.2, 0.25) is 0 Å². The van der Waals surface area contributed by atoms with Crippen LogP contribution >= 0.6 is 15.9 Å². The van der Waals surface area contributed by atoms with E-state index in [4.69, 9.17) is 0 Å². The van der Waals surface area contributed by atoms with Crippen molar-refractivity contribution in [1.82, 2.24) is 14.8 Å². The maximum absolute atomic E-state index is 4.40. The van der Waals surface area contributed by atoms with Gasteiger partial charge in [0, 0.05) is 37.9 Å². The lowest BCUT2D eigenvalue weighted by atomic mass is 10.0. The van der Waals surface area contributed by atoms with Gasteiger partial charge in [-0.25, -0.2) is 4.98 Å². The zero-order valence-corrected chi connectivity index (χ0v) is 11.8. The minimum Gasteiger partial charge on any atom is -0.356 e. The average molecular weight is 307 g/mol. The predicted octanol–water partition coefficient (Wildman–Crippen LogP) is 2.49. The standard InChI is InChI=1S/C13H15BrN4/c1-10-2-3-15-13(4-10)17-6-11(7-17)8-18-9-12(14)5-16-18/h2-5,9,11H,6-8H2,1H3. The molecule has 0 unspecified atom stereocenters. The van der Waals surface area contributed by atoms with E-state index in [1.54, 1.807) is 0 Å². The molecular formula is C13H15BrN4. The first kappa shape index (κ1) is 11.7. The van der Waals surface area contributed by atoms with Gasteiger partial charge >= 0.3 is 0 Å². The van der Waals surface area contributed by atoms with Gasteiger partial charge in [-0.3, -0.25) is 4.68 Å². The van der Waals surface area contributed by atoms with Crippen LogP contribution in [0.25, 0.3) is 0 Å². The molecular weight excluding hydrogens is 292 g/mol. The number of halogens is 1. The largest absolute Gasteiger partial charge is 0.356 e. The van der Waals surface area contributed by atoms with E-state index in [0.29, 0.717) is 5.92 Å². The Balaban J connectivity index is 1.57. The number of rotatable bonds is 3. The zero-order chi connectivity index (χ0) is 12.5. The summed E-state index contributed by atoms with van der Waals surface area (Å²) < 4.78 is 3.04. The number of pyridine rings is 1. The summed E-state index contributed by atoms with van der Waals surface area (Å²) in [5, 5.41) is 4.29. The summed E-state index contributed by atoms with van der Waals surface area (Å²) in [6.07, 6.45) is 5.73. The molecule has 0 amide bonds. The normalized spacial score (nSPS) is 15.8. The summed E-state index contributed by atoms with van der Waals surface area (Å²) in [6, 6.07) is 4.17. The molecule has 1 aliphatic heterocycles. The molecule has 2 aromatic heterocycles. The average Bonchev–Trinajstić information content (AvgIpc) is 2.69. The third-order valence-corrected chi connectivity index (χ3v) is 3.64. The van der Waals surface area contributed by atoms with Crippen LogP contribution < -0.4 is 4.90 Å². The van der Waals surface area contributed by atoms with Gasteiger partial charge < -0.3 is 4.90 Å². The molecule has 0 saturated carbocycles. The fraction of sp³-hybridized carbons (Fsp3) is 0.385. The van der Waals surface area contributed by atoms with Crippen LogP contribution in [0.15, 0.2) is 35.2 Å². The number of anilines is 1. The second-order valence-corrected chi connectivity index (χ2v) is 5.76. The first-order chi connectivity index (χ1) is 8.70. The summed E-state index contributed by atoms with van der Waals surface area (Å²) in [7, 11) is 0. The molecule has 0 atom stereocenters. The summed E-state index contributed by atoms with van der Waals surface area (Å²) >= 11 is 3.41. The van der Waals surface area contributed by atoms with E-state index in [1.807, 2.05) is 29.3 Å². The minimum absolute atomic E-state index is 0.666. The van der Waals surface area contributed by atoms with Crippen molar-refractivity contribution < 1.29 is 0 Å². The monoisotopic (exact) mass is 306 g/mol. The van der Waals surface area contributed by atoms with Crippen LogP contribution in [0.3, 0.4) is 0 Å². The highest BCUT2D eigenvalue weighted by Gasteiger charge is 2.28. The Morgan fingerprint density at radius 3 is 2.94 bits per heavy atom. The maximum Gasteiger partial charge on any atom is 0.128 e. The van der Waals surface area contributed by atoms with Crippen LogP contribution in [0.4, 0.5) is 5.82 Å². The van der Waals surface area contributed by atoms with Gasteiger partial charge in [-0.15, -0.1) is 0 Å². The molecule has 18 heavy (non-hydrogen) atoms. The topological polar surface area (TPSA) is 34.0 Å². The zero-order valence-electron chi connectivity index (χ0n) is 10.3. The van der Waals surface area contributed by atoms with Crippen molar-refractivity contribution in [2.75, 3.05) is 18.0 Å². The molecule has 0 bridgehead atoms. The number of aryl methyl sites for hydroxylation is 1. The predicted molar refractivity (Wildman–Crippen MR) is 74.6 cm³/mol. The molecule has 1 fully saturated rings. The summed E-state index contributed by atoms with van der Waals surface area (Å²) in [6.45, 7) is 5.21. The van der Waals surface area contributed by atoms with E-state index in [9.17, 15) is 0 Å². The van der Waals surface area contributed by atoms with Crippen molar-refractivity contribution >= 4 is 21.7 Å². The van der Waals surface area contributed by atoms with E-state index < -0.39 is 0 Å². The van der Waals surface area contributed by atoms with Crippen LogP contribution in [0.1, 0.15) is 5.56 Å². The number of hydrogen-bond acceptors (Lipinski definition) is 3. The van der Waals surface area contributed by atoms with Crippen LogP contribution in [0.5, 0.6) is 0 Å². The van der Waals surface area contributed by atoms with Crippen LogP contribution in [-0.2, 0) is 6.54 Å². The van der Waals surface area contributed by atoms with Crippen molar-refractivity contribution in [2.24, 2.45) is 5.92 Å². The Kier molecular flexibility index (Phi) is 3.07. The van der Waals surface area contributed by atoms with Gasteiger partial charge in [-0.1, -0.05) is 0 Å². The van der Waals surface area contributed by atoms with E-state index in [0.717, 1.165) is 29.9 Å². The molecule has 0 radical (unpaired) electrons. The van der Waals surface area contributed by atoms with Crippen LogP contribution in [-0.4, -0.2) is 27.9 Å². The molecule has 0 aliphatic carbocycles. The first-order valence-electron chi connectivity index (χ1n) is 6.06. The van der Waals surface area contributed by atoms with Crippen molar-refractivity contribution in [3.63, 3.8) is 0 Å². The highest BCUT2D eigenvalue weighted by Crippen LogP contribution is 2.24. The van der Waals surface area contributed by atoms with Gasteiger partial charge in [-0.2, -0.15) is 5.10 Å². The van der Waals surface area contributed by atoms with E-state index in [2.05, 4.69) is 43.9 Å². The molecule has 3 rings (SSSR count). The van der Waals surface area contributed by atoms with Crippen molar-refractivity contribution in [1.29, 1.82) is 0 Å². The van der Waals surface area contributed by atoms with E-state index >= 15 is 0 Å². The Morgan fingerprint density at radius 1 is 1.44 bits per heavy atom. The van der Waals surface area contributed by atoms with Gasteiger partial charge in [0.1, 0.15) is 5.82 Å². The molecule has 2 aromatic rings. The van der Waals surface area contributed by atoms with Crippen LogP contribution in [0, 0.1) is 12.8 Å². The summed E-state index contributed by atoms with van der Waals surface area (Å²) in [5.41, 5.74) is 1.26.